The molecule has 0 spiro atoms. The molecule has 9 heteroatoms. The first kappa shape index (κ1) is 29.1. The van der Waals surface area contributed by atoms with E-state index in [4.69, 9.17) is 4.74 Å². The fraction of sp³-hybridized carbons (Fsp3) is 0.355. The number of sulfonamides is 1. The first-order chi connectivity index (χ1) is 19.1. The molecule has 3 aromatic rings. The van der Waals surface area contributed by atoms with Gasteiger partial charge in [0.15, 0.2) is 0 Å². The Hall–Kier alpha value is -3.85. The highest BCUT2D eigenvalue weighted by Crippen LogP contribution is 2.26. The van der Waals surface area contributed by atoms with Gasteiger partial charge in [-0.05, 0) is 68.7 Å². The van der Waals surface area contributed by atoms with Crippen molar-refractivity contribution in [3.05, 3.63) is 90.0 Å². The maximum atomic E-state index is 13.8. The molecule has 4 rings (SSSR count). The second-order valence-corrected chi connectivity index (χ2v) is 12.3. The van der Waals surface area contributed by atoms with Gasteiger partial charge in [0.25, 0.3) is 0 Å². The van der Waals surface area contributed by atoms with Crippen molar-refractivity contribution in [1.29, 1.82) is 0 Å². The summed E-state index contributed by atoms with van der Waals surface area (Å²) in [6, 6.07) is 22.8. The summed E-state index contributed by atoms with van der Waals surface area (Å²) in [5.74, 6) is 0.488. The number of carbonyl (C=O) groups is 2. The van der Waals surface area contributed by atoms with Crippen LogP contribution in [0.5, 0.6) is 11.5 Å². The van der Waals surface area contributed by atoms with Crippen LogP contribution < -0.4 is 14.4 Å². The highest BCUT2D eigenvalue weighted by molar-refractivity contribution is 7.92. The molecule has 0 saturated heterocycles. The van der Waals surface area contributed by atoms with Crippen LogP contribution in [0.1, 0.15) is 43.7 Å². The third kappa shape index (κ3) is 7.85. The zero-order chi connectivity index (χ0) is 28.7. The molecular weight excluding hydrogens is 526 g/mol. The molecule has 1 atom stereocenters. The molecular formula is C31H37N3O5S. The van der Waals surface area contributed by atoms with Crippen molar-refractivity contribution in [1.82, 2.24) is 10.2 Å². The van der Waals surface area contributed by atoms with E-state index >= 15 is 0 Å². The van der Waals surface area contributed by atoms with E-state index in [0.717, 1.165) is 47.4 Å². The number of nitrogens with zero attached hydrogens (tertiary/aromatic N) is 2. The predicted molar refractivity (Wildman–Crippen MR) is 157 cm³/mol. The van der Waals surface area contributed by atoms with E-state index in [1.807, 2.05) is 61.5 Å². The Bertz CT molecular complexity index is 1400. The molecule has 1 aliphatic carbocycles. The lowest BCUT2D eigenvalue weighted by molar-refractivity contribution is -0.139. The first-order valence-corrected chi connectivity index (χ1v) is 15.4. The van der Waals surface area contributed by atoms with Gasteiger partial charge in [0, 0.05) is 12.6 Å². The lowest BCUT2D eigenvalue weighted by atomic mass is 10.1. The van der Waals surface area contributed by atoms with Crippen LogP contribution in [0, 0.1) is 6.92 Å². The molecule has 1 fully saturated rings. The zero-order valence-corrected chi connectivity index (χ0v) is 24.1. The molecule has 1 saturated carbocycles. The first-order valence-electron chi connectivity index (χ1n) is 13.6. The number of aryl methyl sites for hydroxylation is 1. The number of anilines is 1. The summed E-state index contributed by atoms with van der Waals surface area (Å²) in [7, 11) is -3.82. The quantitative estimate of drug-likeness (QED) is 0.353. The van der Waals surface area contributed by atoms with E-state index in [0.29, 0.717) is 17.2 Å². The molecule has 0 aromatic heterocycles. The van der Waals surface area contributed by atoms with Crippen LogP contribution in [0.3, 0.4) is 0 Å². The van der Waals surface area contributed by atoms with Gasteiger partial charge < -0.3 is 15.0 Å². The largest absolute Gasteiger partial charge is 0.457 e. The standard InChI is InChI=1S/C31H37N3O5S/c1-23-10-9-11-25(20-23)21-33(24(2)31(36)32-26-12-7-8-13-26)30(35)22-34(40(3,37)38)27-16-18-29(19-17-27)39-28-14-5-4-6-15-28/h4-6,9-11,14-20,24,26H,7-8,12-13,21-22H2,1-3H3,(H,32,36)/t24-/m1/s1. The number of carbonyl (C=O) groups excluding carboxylic acids is 2. The van der Waals surface area contributed by atoms with Crippen molar-refractivity contribution in [2.75, 3.05) is 17.1 Å². The SMILES string of the molecule is Cc1cccc(CN(C(=O)CN(c2ccc(Oc3ccccc3)cc2)S(C)(=O)=O)[C@H](C)C(=O)NC2CCCC2)c1. The number of nitrogens with one attached hydrogen (secondary N) is 1. The molecule has 212 valence electrons. The highest BCUT2D eigenvalue weighted by Gasteiger charge is 2.31. The van der Waals surface area contributed by atoms with E-state index in [1.54, 1.807) is 31.2 Å². The number of para-hydroxylation sites is 1. The van der Waals surface area contributed by atoms with Crippen LogP contribution in [-0.4, -0.2) is 50.0 Å². The summed E-state index contributed by atoms with van der Waals surface area (Å²) in [5, 5.41) is 3.07. The second-order valence-electron chi connectivity index (χ2n) is 10.4. The molecule has 0 bridgehead atoms. The highest BCUT2D eigenvalue weighted by atomic mass is 32.2. The normalized spacial score (nSPS) is 14.4. The van der Waals surface area contributed by atoms with Crippen LogP contribution in [0.25, 0.3) is 0 Å². The van der Waals surface area contributed by atoms with Crippen LogP contribution >= 0.6 is 0 Å². The number of rotatable bonds is 11. The van der Waals surface area contributed by atoms with Crippen LogP contribution in [0.2, 0.25) is 0 Å². The van der Waals surface area contributed by atoms with Gasteiger partial charge in [-0.25, -0.2) is 8.42 Å². The average molecular weight is 564 g/mol. The van der Waals surface area contributed by atoms with E-state index in [1.165, 1.54) is 4.90 Å². The number of hydrogen-bond donors (Lipinski definition) is 1. The molecule has 40 heavy (non-hydrogen) atoms. The summed E-state index contributed by atoms with van der Waals surface area (Å²) < 4.78 is 32.6. The van der Waals surface area contributed by atoms with E-state index < -0.39 is 28.5 Å². The monoisotopic (exact) mass is 563 g/mol. The molecule has 2 amide bonds. The summed E-state index contributed by atoms with van der Waals surface area (Å²) in [6.07, 6.45) is 5.07. The van der Waals surface area contributed by atoms with Crippen molar-refractivity contribution >= 4 is 27.5 Å². The van der Waals surface area contributed by atoms with Gasteiger partial charge in [-0.2, -0.15) is 0 Å². The third-order valence-corrected chi connectivity index (χ3v) is 8.23. The Morgan fingerprint density at radius 2 is 1.60 bits per heavy atom. The maximum Gasteiger partial charge on any atom is 0.244 e. The predicted octanol–water partition coefficient (Wildman–Crippen LogP) is 5.03. The Morgan fingerprint density at radius 1 is 0.950 bits per heavy atom. The lowest BCUT2D eigenvalue weighted by Gasteiger charge is -2.32. The summed E-state index contributed by atoms with van der Waals surface area (Å²) >= 11 is 0. The van der Waals surface area contributed by atoms with Crippen LogP contribution in [0.4, 0.5) is 5.69 Å². The fourth-order valence-corrected chi connectivity index (χ4v) is 5.75. The fourth-order valence-electron chi connectivity index (χ4n) is 4.90. The molecule has 3 aromatic carbocycles. The third-order valence-electron chi connectivity index (χ3n) is 7.09. The second kappa shape index (κ2) is 13.0. The minimum absolute atomic E-state index is 0.106. The van der Waals surface area contributed by atoms with Gasteiger partial charge in [0.2, 0.25) is 21.8 Å². The summed E-state index contributed by atoms with van der Waals surface area (Å²) in [4.78, 5) is 28.4. The van der Waals surface area contributed by atoms with Gasteiger partial charge >= 0.3 is 0 Å². The molecule has 8 nitrogen and oxygen atoms in total. The van der Waals surface area contributed by atoms with Gasteiger partial charge in [-0.3, -0.25) is 13.9 Å². The Kier molecular flexibility index (Phi) is 9.47. The smallest absolute Gasteiger partial charge is 0.244 e. The van der Waals surface area contributed by atoms with Gasteiger partial charge in [0.1, 0.15) is 24.1 Å². The van der Waals surface area contributed by atoms with Crippen molar-refractivity contribution in [2.24, 2.45) is 0 Å². The number of amides is 2. The number of benzene rings is 3. The van der Waals surface area contributed by atoms with E-state index in [9.17, 15) is 18.0 Å². The Balaban J connectivity index is 1.55. The van der Waals surface area contributed by atoms with E-state index in [2.05, 4.69) is 5.32 Å². The molecule has 0 heterocycles. The van der Waals surface area contributed by atoms with Crippen LogP contribution in [0.15, 0.2) is 78.9 Å². The van der Waals surface area contributed by atoms with Gasteiger partial charge in [-0.1, -0.05) is 60.9 Å². The molecule has 0 radical (unpaired) electrons. The van der Waals surface area contributed by atoms with Crippen LogP contribution in [-0.2, 0) is 26.2 Å². The zero-order valence-electron chi connectivity index (χ0n) is 23.2. The molecule has 1 aliphatic rings. The molecule has 0 aliphatic heterocycles. The minimum atomic E-state index is -3.82. The topological polar surface area (TPSA) is 96.0 Å². The van der Waals surface area contributed by atoms with Crippen molar-refractivity contribution < 1.29 is 22.7 Å². The Morgan fingerprint density at radius 3 is 2.23 bits per heavy atom. The van der Waals surface area contributed by atoms with E-state index in [-0.39, 0.29) is 18.5 Å². The summed E-state index contributed by atoms with van der Waals surface area (Å²) in [6.45, 7) is 3.40. The van der Waals surface area contributed by atoms with Crippen molar-refractivity contribution in [3.8, 4) is 11.5 Å². The Labute approximate surface area is 237 Å². The molecule has 1 N–H and O–H groups in total. The van der Waals surface area contributed by atoms with Crippen molar-refractivity contribution in [2.45, 2.75) is 58.2 Å². The van der Waals surface area contributed by atoms with Gasteiger partial charge in [-0.15, -0.1) is 0 Å². The number of hydrogen-bond acceptors (Lipinski definition) is 5. The molecule has 0 unspecified atom stereocenters. The number of ether oxygens (including phenoxy) is 1. The van der Waals surface area contributed by atoms with Gasteiger partial charge in [0.05, 0.1) is 11.9 Å². The maximum absolute atomic E-state index is 13.8. The lowest BCUT2D eigenvalue weighted by Crippen LogP contribution is -2.52. The average Bonchev–Trinajstić information content (AvgIpc) is 3.43. The van der Waals surface area contributed by atoms with Crippen molar-refractivity contribution in [3.63, 3.8) is 0 Å². The summed E-state index contributed by atoms with van der Waals surface area (Å²) in [5.41, 5.74) is 2.22. The minimum Gasteiger partial charge on any atom is -0.457 e.